The molecule has 1 saturated heterocycles. The fraction of sp³-hybridized carbons (Fsp3) is 0.609. The van der Waals surface area contributed by atoms with Gasteiger partial charge in [-0.15, -0.1) is 0 Å². The van der Waals surface area contributed by atoms with Crippen molar-refractivity contribution in [3.8, 4) is 0 Å². The second kappa shape index (κ2) is 9.43. The molecule has 1 aliphatic carbocycles. The number of allylic oxidation sites excluding steroid dienone is 1. The van der Waals surface area contributed by atoms with Gasteiger partial charge >= 0.3 is 0 Å². The minimum Gasteiger partial charge on any atom is -0.356 e. The van der Waals surface area contributed by atoms with Gasteiger partial charge in [-0.2, -0.15) is 4.31 Å². The van der Waals surface area contributed by atoms with Crippen LogP contribution in [0.5, 0.6) is 0 Å². The molecular formula is C23H34N2O3S. The van der Waals surface area contributed by atoms with Crippen LogP contribution in [0.25, 0.3) is 0 Å². The Morgan fingerprint density at radius 3 is 2.52 bits per heavy atom. The second-order valence-corrected chi connectivity index (χ2v) is 10.5. The van der Waals surface area contributed by atoms with Gasteiger partial charge in [0.05, 0.1) is 10.8 Å². The van der Waals surface area contributed by atoms with E-state index in [1.165, 1.54) is 22.7 Å². The summed E-state index contributed by atoms with van der Waals surface area (Å²) in [5.41, 5.74) is 4.04. The SMILES string of the molecule is Cc1cc(C)c(S(=O)(=O)N2CCC[C@H](C(=O)NCCC3=CCCCC3)C2)c(C)c1. The standard InChI is InChI=1S/C23H34N2O3S/c1-17-14-18(2)22(19(3)15-17)29(27,28)25-13-7-10-21(16-25)23(26)24-12-11-20-8-5-4-6-9-20/h8,14-15,21H,4-7,9-13,16H2,1-3H3,(H,24,26)/t21-/m0/s1. The van der Waals surface area contributed by atoms with Crippen LogP contribution in [0.2, 0.25) is 0 Å². The molecular weight excluding hydrogens is 384 g/mol. The Balaban J connectivity index is 1.63. The Bertz CT molecular complexity index is 866. The molecule has 1 amide bonds. The van der Waals surface area contributed by atoms with Crippen molar-refractivity contribution in [1.82, 2.24) is 9.62 Å². The van der Waals surface area contributed by atoms with Crippen molar-refractivity contribution in [3.63, 3.8) is 0 Å². The number of benzene rings is 1. The first-order valence-corrected chi connectivity index (χ1v) is 12.3. The summed E-state index contributed by atoms with van der Waals surface area (Å²) in [7, 11) is -3.60. The summed E-state index contributed by atoms with van der Waals surface area (Å²) in [6, 6.07) is 3.82. The maximum atomic E-state index is 13.3. The van der Waals surface area contributed by atoms with Gasteiger partial charge in [-0.25, -0.2) is 8.42 Å². The van der Waals surface area contributed by atoms with Crippen molar-refractivity contribution in [1.29, 1.82) is 0 Å². The van der Waals surface area contributed by atoms with Crippen LogP contribution < -0.4 is 5.32 Å². The highest BCUT2D eigenvalue weighted by Crippen LogP contribution is 2.29. The normalized spacial score (nSPS) is 20.9. The average Bonchev–Trinajstić information content (AvgIpc) is 2.68. The lowest BCUT2D eigenvalue weighted by Crippen LogP contribution is -2.45. The molecule has 1 heterocycles. The van der Waals surface area contributed by atoms with Gasteiger partial charge in [0.2, 0.25) is 15.9 Å². The van der Waals surface area contributed by atoms with E-state index in [0.717, 1.165) is 42.4 Å². The Kier molecular flexibility index (Phi) is 7.17. The predicted molar refractivity (Wildman–Crippen MR) is 116 cm³/mol. The first-order valence-electron chi connectivity index (χ1n) is 10.8. The third-order valence-electron chi connectivity index (χ3n) is 6.09. The molecule has 1 aromatic rings. The van der Waals surface area contributed by atoms with Crippen molar-refractivity contribution in [2.75, 3.05) is 19.6 Å². The summed E-state index contributed by atoms with van der Waals surface area (Å²) in [5.74, 6) is -0.288. The lowest BCUT2D eigenvalue weighted by molar-refractivity contribution is -0.126. The minimum absolute atomic E-state index is 0.0151. The number of aryl methyl sites for hydroxylation is 3. The topological polar surface area (TPSA) is 66.5 Å². The summed E-state index contributed by atoms with van der Waals surface area (Å²) in [4.78, 5) is 13.1. The predicted octanol–water partition coefficient (Wildman–Crippen LogP) is 4.02. The van der Waals surface area contributed by atoms with Crippen molar-refractivity contribution in [2.24, 2.45) is 5.92 Å². The summed E-state index contributed by atoms with van der Waals surface area (Å²) < 4.78 is 28.1. The minimum atomic E-state index is -3.60. The van der Waals surface area contributed by atoms with E-state index in [4.69, 9.17) is 0 Å². The number of carbonyl (C=O) groups is 1. The van der Waals surface area contributed by atoms with Crippen LogP contribution in [0.1, 0.15) is 61.6 Å². The molecule has 160 valence electrons. The number of nitrogens with zero attached hydrogens (tertiary/aromatic N) is 1. The van der Waals surface area contributed by atoms with Crippen LogP contribution in [-0.4, -0.2) is 38.3 Å². The number of sulfonamides is 1. The monoisotopic (exact) mass is 418 g/mol. The molecule has 2 aliphatic rings. The molecule has 1 aliphatic heterocycles. The lowest BCUT2D eigenvalue weighted by Gasteiger charge is -2.32. The van der Waals surface area contributed by atoms with Gasteiger partial charge in [-0.3, -0.25) is 4.79 Å². The molecule has 6 heteroatoms. The number of rotatable bonds is 6. The maximum absolute atomic E-state index is 13.3. The fourth-order valence-corrected chi connectivity index (χ4v) is 6.64. The highest BCUT2D eigenvalue weighted by Gasteiger charge is 2.34. The highest BCUT2D eigenvalue weighted by atomic mass is 32.2. The van der Waals surface area contributed by atoms with Gasteiger partial charge in [-0.05, 0) is 76.8 Å². The number of piperidine rings is 1. The molecule has 0 unspecified atom stereocenters. The average molecular weight is 419 g/mol. The summed E-state index contributed by atoms with van der Waals surface area (Å²) in [5, 5.41) is 3.04. The Labute approximate surface area is 175 Å². The molecule has 1 atom stereocenters. The van der Waals surface area contributed by atoms with Gasteiger partial charge in [0.25, 0.3) is 0 Å². The number of hydrogen-bond donors (Lipinski definition) is 1. The van der Waals surface area contributed by atoms with Crippen LogP contribution in [-0.2, 0) is 14.8 Å². The van der Waals surface area contributed by atoms with E-state index in [1.807, 2.05) is 32.9 Å². The summed E-state index contributed by atoms with van der Waals surface area (Å²) >= 11 is 0. The zero-order chi connectivity index (χ0) is 21.0. The number of amides is 1. The summed E-state index contributed by atoms with van der Waals surface area (Å²) in [6.07, 6.45) is 9.46. The fourth-order valence-electron chi connectivity index (χ4n) is 4.70. The summed E-state index contributed by atoms with van der Waals surface area (Å²) in [6.45, 7) is 7.06. The third-order valence-corrected chi connectivity index (χ3v) is 8.26. The molecule has 1 fully saturated rings. The smallest absolute Gasteiger partial charge is 0.243 e. The van der Waals surface area contributed by atoms with Crippen LogP contribution in [0, 0.1) is 26.7 Å². The molecule has 0 spiro atoms. The van der Waals surface area contributed by atoms with Crippen molar-refractivity contribution >= 4 is 15.9 Å². The molecule has 0 bridgehead atoms. The molecule has 5 nitrogen and oxygen atoms in total. The largest absolute Gasteiger partial charge is 0.356 e. The zero-order valence-electron chi connectivity index (χ0n) is 18.0. The van der Waals surface area contributed by atoms with Gasteiger partial charge in [0.1, 0.15) is 0 Å². The first kappa shape index (κ1) is 22.0. The van der Waals surface area contributed by atoms with E-state index in [9.17, 15) is 13.2 Å². The first-order chi connectivity index (χ1) is 13.8. The quantitative estimate of drug-likeness (QED) is 0.710. The molecule has 0 radical (unpaired) electrons. The van der Waals surface area contributed by atoms with E-state index >= 15 is 0 Å². The Morgan fingerprint density at radius 2 is 1.86 bits per heavy atom. The van der Waals surface area contributed by atoms with Crippen LogP contribution in [0.15, 0.2) is 28.7 Å². The number of carbonyl (C=O) groups excluding carboxylic acids is 1. The van der Waals surface area contributed by atoms with E-state index in [0.29, 0.717) is 24.4 Å². The number of nitrogens with one attached hydrogen (secondary N) is 1. The van der Waals surface area contributed by atoms with Crippen LogP contribution in [0.3, 0.4) is 0 Å². The van der Waals surface area contributed by atoms with Gasteiger partial charge in [0.15, 0.2) is 0 Å². The van der Waals surface area contributed by atoms with E-state index in [-0.39, 0.29) is 18.4 Å². The van der Waals surface area contributed by atoms with Gasteiger partial charge in [-0.1, -0.05) is 29.3 Å². The Morgan fingerprint density at radius 1 is 1.14 bits per heavy atom. The molecule has 0 aromatic heterocycles. The second-order valence-electron chi connectivity index (χ2n) is 8.58. The lowest BCUT2D eigenvalue weighted by atomic mass is 9.96. The third kappa shape index (κ3) is 5.28. The molecule has 1 aromatic carbocycles. The van der Waals surface area contributed by atoms with Crippen LogP contribution >= 0.6 is 0 Å². The Hall–Kier alpha value is -1.66. The van der Waals surface area contributed by atoms with Crippen molar-refractivity contribution in [3.05, 3.63) is 40.5 Å². The maximum Gasteiger partial charge on any atom is 0.243 e. The van der Waals surface area contributed by atoms with E-state index in [2.05, 4.69) is 11.4 Å². The van der Waals surface area contributed by atoms with E-state index in [1.54, 1.807) is 0 Å². The van der Waals surface area contributed by atoms with Crippen LogP contribution in [0.4, 0.5) is 0 Å². The highest BCUT2D eigenvalue weighted by molar-refractivity contribution is 7.89. The zero-order valence-corrected chi connectivity index (χ0v) is 18.8. The molecule has 3 rings (SSSR count). The molecule has 29 heavy (non-hydrogen) atoms. The molecule has 0 saturated carbocycles. The van der Waals surface area contributed by atoms with Crippen molar-refractivity contribution < 1.29 is 13.2 Å². The molecule has 1 N–H and O–H groups in total. The van der Waals surface area contributed by atoms with Crippen molar-refractivity contribution in [2.45, 2.75) is 70.6 Å². The number of hydrogen-bond acceptors (Lipinski definition) is 3. The van der Waals surface area contributed by atoms with E-state index < -0.39 is 10.0 Å². The van der Waals surface area contributed by atoms with Gasteiger partial charge < -0.3 is 5.32 Å². The van der Waals surface area contributed by atoms with Gasteiger partial charge in [0, 0.05) is 19.6 Å².